The van der Waals surface area contributed by atoms with Crippen molar-refractivity contribution in [3.63, 3.8) is 0 Å². The maximum atomic E-state index is 11.4. The van der Waals surface area contributed by atoms with Gasteiger partial charge in [-0.1, -0.05) is 13.8 Å². The van der Waals surface area contributed by atoms with Gasteiger partial charge in [-0.3, -0.25) is 4.79 Å². The summed E-state index contributed by atoms with van der Waals surface area (Å²) in [5, 5.41) is 11.5. The SMILES string of the molecule is CC(C)CCC(=O)NCc1ccc(C(=O)O)s1. The van der Waals surface area contributed by atoms with E-state index in [9.17, 15) is 9.59 Å². The van der Waals surface area contributed by atoms with Gasteiger partial charge in [0.05, 0.1) is 6.54 Å². The number of carbonyl (C=O) groups excluding carboxylic acids is 1. The zero-order valence-corrected chi connectivity index (χ0v) is 10.8. The third-order valence-corrected chi connectivity index (χ3v) is 3.35. The van der Waals surface area contributed by atoms with Crippen LogP contribution in [0.2, 0.25) is 0 Å². The van der Waals surface area contributed by atoms with Crippen LogP contribution in [-0.4, -0.2) is 17.0 Å². The van der Waals surface area contributed by atoms with Crippen LogP contribution in [0.4, 0.5) is 0 Å². The molecule has 17 heavy (non-hydrogen) atoms. The molecule has 0 aliphatic carbocycles. The summed E-state index contributed by atoms with van der Waals surface area (Å²) in [6.07, 6.45) is 1.39. The van der Waals surface area contributed by atoms with Crippen molar-refractivity contribution in [1.29, 1.82) is 0 Å². The van der Waals surface area contributed by atoms with E-state index >= 15 is 0 Å². The fourth-order valence-electron chi connectivity index (χ4n) is 1.28. The van der Waals surface area contributed by atoms with E-state index in [2.05, 4.69) is 19.2 Å². The number of aromatic carboxylic acids is 1. The fourth-order valence-corrected chi connectivity index (χ4v) is 2.07. The average molecular weight is 255 g/mol. The minimum absolute atomic E-state index is 0.0176. The van der Waals surface area contributed by atoms with Gasteiger partial charge in [0, 0.05) is 11.3 Å². The van der Waals surface area contributed by atoms with Gasteiger partial charge in [-0.2, -0.15) is 0 Å². The highest BCUT2D eigenvalue weighted by Gasteiger charge is 2.08. The minimum Gasteiger partial charge on any atom is -0.477 e. The topological polar surface area (TPSA) is 66.4 Å². The van der Waals surface area contributed by atoms with Gasteiger partial charge in [-0.15, -0.1) is 11.3 Å². The van der Waals surface area contributed by atoms with Crippen LogP contribution >= 0.6 is 11.3 Å². The van der Waals surface area contributed by atoms with E-state index in [1.165, 1.54) is 11.3 Å². The Morgan fingerprint density at radius 3 is 2.65 bits per heavy atom. The highest BCUT2D eigenvalue weighted by Crippen LogP contribution is 2.16. The van der Waals surface area contributed by atoms with Crippen molar-refractivity contribution < 1.29 is 14.7 Å². The van der Waals surface area contributed by atoms with E-state index in [-0.39, 0.29) is 5.91 Å². The number of amides is 1. The standard InChI is InChI=1S/C12H17NO3S/c1-8(2)3-6-11(14)13-7-9-4-5-10(17-9)12(15)16/h4-5,8H,3,6-7H2,1-2H3,(H,13,14)(H,15,16). The summed E-state index contributed by atoms with van der Waals surface area (Å²) in [4.78, 5) is 23.3. The maximum absolute atomic E-state index is 11.4. The summed E-state index contributed by atoms with van der Waals surface area (Å²) < 4.78 is 0. The summed E-state index contributed by atoms with van der Waals surface area (Å²) >= 11 is 1.19. The molecule has 1 heterocycles. The van der Waals surface area contributed by atoms with E-state index in [1.807, 2.05) is 0 Å². The normalized spacial score (nSPS) is 10.5. The van der Waals surface area contributed by atoms with Crippen LogP contribution in [0.1, 0.15) is 41.2 Å². The number of carbonyl (C=O) groups is 2. The zero-order chi connectivity index (χ0) is 12.8. The van der Waals surface area contributed by atoms with Crippen molar-refractivity contribution in [3.8, 4) is 0 Å². The first-order chi connectivity index (χ1) is 7.99. The Morgan fingerprint density at radius 1 is 1.41 bits per heavy atom. The van der Waals surface area contributed by atoms with Gasteiger partial charge in [0.1, 0.15) is 4.88 Å². The molecule has 0 saturated carbocycles. The van der Waals surface area contributed by atoms with Crippen molar-refractivity contribution in [2.45, 2.75) is 33.2 Å². The Bertz CT molecular complexity index is 398. The molecule has 1 aromatic rings. The summed E-state index contributed by atoms with van der Waals surface area (Å²) in [5.74, 6) is -0.391. The highest BCUT2D eigenvalue weighted by molar-refractivity contribution is 7.13. The Kier molecular flexibility index (Phi) is 5.15. The summed E-state index contributed by atoms with van der Waals surface area (Å²) in [5.41, 5.74) is 0. The molecule has 0 aliphatic rings. The lowest BCUT2D eigenvalue weighted by atomic mass is 10.1. The van der Waals surface area contributed by atoms with Crippen LogP contribution in [0.15, 0.2) is 12.1 Å². The van der Waals surface area contributed by atoms with Gasteiger partial charge in [-0.25, -0.2) is 4.79 Å². The molecule has 94 valence electrons. The summed E-state index contributed by atoms with van der Waals surface area (Å²) in [6, 6.07) is 3.29. The number of carboxylic acids is 1. The number of hydrogen-bond donors (Lipinski definition) is 2. The van der Waals surface area contributed by atoms with Crippen molar-refractivity contribution in [2.75, 3.05) is 0 Å². The lowest BCUT2D eigenvalue weighted by molar-refractivity contribution is -0.121. The average Bonchev–Trinajstić information content (AvgIpc) is 2.72. The second kappa shape index (κ2) is 6.39. The quantitative estimate of drug-likeness (QED) is 0.820. The van der Waals surface area contributed by atoms with Crippen LogP contribution < -0.4 is 5.32 Å². The van der Waals surface area contributed by atoms with E-state index in [0.717, 1.165) is 11.3 Å². The van der Waals surface area contributed by atoms with Crippen molar-refractivity contribution in [1.82, 2.24) is 5.32 Å². The molecule has 0 radical (unpaired) electrons. The monoisotopic (exact) mass is 255 g/mol. The minimum atomic E-state index is -0.924. The highest BCUT2D eigenvalue weighted by atomic mass is 32.1. The van der Waals surface area contributed by atoms with E-state index < -0.39 is 5.97 Å². The van der Waals surface area contributed by atoms with Gasteiger partial charge < -0.3 is 10.4 Å². The van der Waals surface area contributed by atoms with Crippen LogP contribution in [0, 0.1) is 5.92 Å². The van der Waals surface area contributed by atoms with Gasteiger partial charge in [0.2, 0.25) is 5.91 Å². The molecule has 2 N–H and O–H groups in total. The van der Waals surface area contributed by atoms with E-state index in [4.69, 9.17) is 5.11 Å². The summed E-state index contributed by atoms with van der Waals surface area (Å²) in [7, 11) is 0. The molecule has 0 atom stereocenters. The van der Waals surface area contributed by atoms with Crippen LogP contribution in [0.25, 0.3) is 0 Å². The van der Waals surface area contributed by atoms with Crippen LogP contribution in [-0.2, 0) is 11.3 Å². The molecule has 0 bridgehead atoms. The number of rotatable bonds is 6. The summed E-state index contributed by atoms with van der Waals surface area (Å²) in [6.45, 7) is 4.56. The number of thiophene rings is 1. The first-order valence-corrected chi connectivity index (χ1v) is 6.39. The van der Waals surface area contributed by atoms with Crippen LogP contribution in [0.5, 0.6) is 0 Å². The fraction of sp³-hybridized carbons (Fsp3) is 0.500. The molecule has 1 amide bonds. The van der Waals surface area contributed by atoms with Crippen molar-refractivity contribution in [2.24, 2.45) is 5.92 Å². The lowest BCUT2D eigenvalue weighted by Crippen LogP contribution is -2.22. The molecule has 4 nitrogen and oxygen atoms in total. The Morgan fingerprint density at radius 2 is 2.12 bits per heavy atom. The van der Waals surface area contributed by atoms with Gasteiger partial charge in [-0.05, 0) is 24.5 Å². The maximum Gasteiger partial charge on any atom is 0.345 e. The van der Waals surface area contributed by atoms with Gasteiger partial charge in [0.25, 0.3) is 0 Å². The van der Waals surface area contributed by atoms with Gasteiger partial charge in [0.15, 0.2) is 0 Å². The third-order valence-electron chi connectivity index (χ3n) is 2.28. The van der Waals surface area contributed by atoms with Crippen molar-refractivity contribution in [3.05, 3.63) is 21.9 Å². The smallest absolute Gasteiger partial charge is 0.345 e. The molecular formula is C12H17NO3S. The molecule has 0 aliphatic heterocycles. The second-order valence-electron chi connectivity index (χ2n) is 4.28. The predicted octanol–water partition coefficient (Wildman–Crippen LogP) is 2.50. The molecule has 0 saturated heterocycles. The number of hydrogen-bond acceptors (Lipinski definition) is 3. The molecule has 0 unspecified atom stereocenters. The first kappa shape index (κ1) is 13.7. The third kappa shape index (κ3) is 4.99. The number of carboxylic acid groups (broad SMARTS) is 1. The Labute approximate surface area is 105 Å². The molecule has 1 rings (SSSR count). The molecule has 0 aromatic carbocycles. The predicted molar refractivity (Wildman–Crippen MR) is 67.2 cm³/mol. The Hall–Kier alpha value is -1.36. The van der Waals surface area contributed by atoms with E-state index in [1.54, 1.807) is 12.1 Å². The zero-order valence-electron chi connectivity index (χ0n) is 10.0. The van der Waals surface area contributed by atoms with Crippen LogP contribution in [0.3, 0.4) is 0 Å². The van der Waals surface area contributed by atoms with Gasteiger partial charge >= 0.3 is 5.97 Å². The molecule has 5 heteroatoms. The first-order valence-electron chi connectivity index (χ1n) is 5.57. The van der Waals surface area contributed by atoms with Crippen molar-refractivity contribution >= 4 is 23.2 Å². The molecule has 1 aromatic heterocycles. The molecular weight excluding hydrogens is 238 g/mol. The largest absolute Gasteiger partial charge is 0.477 e. The van der Waals surface area contributed by atoms with E-state index in [0.29, 0.717) is 23.8 Å². The number of nitrogens with one attached hydrogen (secondary N) is 1. The Balaban J connectivity index is 2.34. The second-order valence-corrected chi connectivity index (χ2v) is 5.45. The molecule has 0 spiro atoms. The molecule has 0 fully saturated rings. The lowest BCUT2D eigenvalue weighted by Gasteiger charge is -2.05.